The molecule has 4 nitrogen and oxygen atoms in total. The van der Waals surface area contributed by atoms with Crippen LogP contribution in [-0.2, 0) is 0 Å². The maximum atomic E-state index is 4.68. The lowest BCUT2D eigenvalue weighted by Crippen LogP contribution is -1.91. The SMILES string of the molecule is CSc1nnc(Sc2nc(C)nc3scc(-c4ccccc4)c23)s1. The first kappa shape index (κ1) is 16.0. The van der Waals surface area contributed by atoms with Crippen LogP contribution >= 0.6 is 46.2 Å². The summed E-state index contributed by atoms with van der Waals surface area (Å²) in [7, 11) is 0. The second-order valence-corrected chi connectivity index (χ2v) is 9.04. The number of hydrogen-bond acceptors (Lipinski definition) is 8. The first-order chi connectivity index (χ1) is 11.7. The molecule has 0 saturated heterocycles. The third-order valence-electron chi connectivity index (χ3n) is 3.34. The molecule has 0 aliphatic heterocycles. The molecule has 0 N–H and O–H groups in total. The van der Waals surface area contributed by atoms with Crippen molar-refractivity contribution in [2.45, 2.75) is 20.6 Å². The lowest BCUT2D eigenvalue weighted by Gasteiger charge is -2.05. The Balaban J connectivity index is 1.85. The van der Waals surface area contributed by atoms with Crippen LogP contribution in [0.4, 0.5) is 0 Å². The van der Waals surface area contributed by atoms with Crippen LogP contribution in [0.1, 0.15) is 5.82 Å². The molecule has 3 heterocycles. The minimum atomic E-state index is 0.779. The average Bonchev–Trinajstić information content (AvgIpc) is 3.22. The highest BCUT2D eigenvalue weighted by Gasteiger charge is 2.17. The van der Waals surface area contributed by atoms with E-state index in [-0.39, 0.29) is 0 Å². The van der Waals surface area contributed by atoms with Crippen LogP contribution in [0.5, 0.6) is 0 Å². The molecule has 4 rings (SSSR count). The average molecular weight is 389 g/mol. The van der Waals surface area contributed by atoms with Gasteiger partial charge in [-0.25, -0.2) is 9.97 Å². The Bertz CT molecular complexity index is 994. The lowest BCUT2D eigenvalue weighted by molar-refractivity contribution is 0.951. The summed E-state index contributed by atoms with van der Waals surface area (Å²) in [6.07, 6.45) is 2.01. The van der Waals surface area contributed by atoms with Crippen LogP contribution in [0.3, 0.4) is 0 Å². The van der Waals surface area contributed by atoms with Crippen molar-refractivity contribution in [1.82, 2.24) is 20.2 Å². The first-order valence-corrected chi connectivity index (χ1v) is 10.8. The Kier molecular flexibility index (Phi) is 4.53. The second-order valence-electron chi connectivity index (χ2n) is 4.91. The van der Waals surface area contributed by atoms with Crippen LogP contribution in [0.25, 0.3) is 21.3 Å². The predicted molar refractivity (Wildman–Crippen MR) is 103 cm³/mol. The van der Waals surface area contributed by atoms with Gasteiger partial charge in [0.15, 0.2) is 8.68 Å². The topological polar surface area (TPSA) is 51.6 Å². The molecule has 0 unspecified atom stereocenters. The number of benzene rings is 1. The third-order valence-corrected chi connectivity index (χ3v) is 7.15. The first-order valence-electron chi connectivity index (χ1n) is 7.11. The van der Waals surface area contributed by atoms with Crippen molar-refractivity contribution in [3.05, 3.63) is 41.5 Å². The van der Waals surface area contributed by atoms with E-state index in [0.717, 1.165) is 29.7 Å². The number of aryl methyl sites for hydroxylation is 1. The maximum Gasteiger partial charge on any atom is 0.181 e. The highest BCUT2D eigenvalue weighted by Crippen LogP contribution is 2.41. The molecule has 8 heteroatoms. The molecule has 4 aromatic rings. The summed E-state index contributed by atoms with van der Waals surface area (Å²) in [5.74, 6) is 0.779. The monoisotopic (exact) mass is 388 g/mol. The van der Waals surface area contributed by atoms with Crippen LogP contribution in [0, 0.1) is 6.92 Å². The highest BCUT2D eigenvalue weighted by atomic mass is 32.2. The molecule has 0 aliphatic rings. The van der Waals surface area contributed by atoms with Gasteiger partial charge in [0.1, 0.15) is 15.7 Å². The Morgan fingerprint density at radius 2 is 1.79 bits per heavy atom. The zero-order valence-corrected chi connectivity index (χ0v) is 16.2. The van der Waals surface area contributed by atoms with Gasteiger partial charge in [-0.05, 0) is 30.5 Å². The third kappa shape index (κ3) is 3.06. The Morgan fingerprint density at radius 1 is 1.00 bits per heavy atom. The summed E-state index contributed by atoms with van der Waals surface area (Å²) in [6, 6.07) is 10.4. The lowest BCUT2D eigenvalue weighted by atomic mass is 10.1. The minimum Gasteiger partial charge on any atom is -0.226 e. The van der Waals surface area contributed by atoms with E-state index in [2.05, 4.69) is 49.8 Å². The second kappa shape index (κ2) is 6.79. The zero-order chi connectivity index (χ0) is 16.5. The molecule has 0 radical (unpaired) electrons. The number of rotatable bonds is 4. The van der Waals surface area contributed by atoms with Gasteiger partial charge in [-0.1, -0.05) is 53.4 Å². The van der Waals surface area contributed by atoms with E-state index < -0.39 is 0 Å². The summed E-state index contributed by atoms with van der Waals surface area (Å²) in [6.45, 7) is 1.93. The van der Waals surface area contributed by atoms with Gasteiger partial charge in [-0.2, -0.15) is 0 Å². The smallest absolute Gasteiger partial charge is 0.181 e. The van der Waals surface area contributed by atoms with E-state index >= 15 is 0 Å². The summed E-state index contributed by atoms with van der Waals surface area (Å²) >= 11 is 6.43. The van der Waals surface area contributed by atoms with E-state index in [1.54, 1.807) is 46.2 Å². The number of nitrogens with zero attached hydrogens (tertiary/aromatic N) is 4. The van der Waals surface area contributed by atoms with E-state index in [4.69, 9.17) is 0 Å². The fraction of sp³-hybridized carbons (Fsp3) is 0.125. The number of thiophene rings is 1. The van der Waals surface area contributed by atoms with Crippen molar-refractivity contribution < 1.29 is 0 Å². The fourth-order valence-electron chi connectivity index (χ4n) is 2.32. The number of thioether (sulfide) groups is 1. The summed E-state index contributed by atoms with van der Waals surface area (Å²) < 4.78 is 1.87. The molecule has 0 amide bonds. The van der Waals surface area contributed by atoms with E-state index in [0.29, 0.717) is 0 Å². The van der Waals surface area contributed by atoms with Crippen molar-refractivity contribution >= 4 is 56.4 Å². The highest BCUT2D eigenvalue weighted by molar-refractivity contribution is 8.03. The maximum absolute atomic E-state index is 4.68. The van der Waals surface area contributed by atoms with Crippen molar-refractivity contribution in [2.24, 2.45) is 0 Å². The van der Waals surface area contributed by atoms with Crippen LogP contribution < -0.4 is 0 Å². The van der Waals surface area contributed by atoms with Crippen LogP contribution in [0.15, 0.2) is 49.4 Å². The normalized spacial score (nSPS) is 11.2. The van der Waals surface area contributed by atoms with E-state index in [1.165, 1.54) is 11.1 Å². The van der Waals surface area contributed by atoms with Gasteiger partial charge in [0.25, 0.3) is 0 Å². The fourth-order valence-corrected chi connectivity index (χ4v) is 5.91. The predicted octanol–water partition coefficient (Wildman–Crippen LogP) is 5.39. The molecule has 0 fully saturated rings. The van der Waals surface area contributed by atoms with Crippen molar-refractivity contribution in [3.8, 4) is 11.1 Å². The van der Waals surface area contributed by atoms with E-state index in [9.17, 15) is 0 Å². The number of hydrogen-bond donors (Lipinski definition) is 0. The minimum absolute atomic E-state index is 0.779. The molecule has 0 bridgehead atoms. The van der Waals surface area contributed by atoms with Crippen molar-refractivity contribution in [1.29, 1.82) is 0 Å². The van der Waals surface area contributed by atoms with Gasteiger partial charge in [-0.15, -0.1) is 21.5 Å². The molecule has 0 saturated carbocycles. The molecule has 120 valence electrons. The van der Waals surface area contributed by atoms with Gasteiger partial charge < -0.3 is 0 Å². The molecule has 0 atom stereocenters. The largest absolute Gasteiger partial charge is 0.226 e. The molecule has 0 spiro atoms. The Hall–Kier alpha value is -1.48. The summed E-state index contributed by atoms with van der Waals surface area (Å²) in [5.41, 5.74) is 2.35. The Morgan fingerprint density at radius 3 is 2.54 bits per heavy atom. The zero-order valence-electron chi connectivity index (χ0n) is 12.9. The van der Waals surface area contributed by atoms with Crippen LogP contribution in [-0.4, -0.2) is 26.4 Å². The molecule has 24 heavy (non-hydrogen) atoms. The van der Waals surface area contributed by atoms with Gasteiger partial charge >= 0.3 is 0 Å². The van der Waals surface area contributed by atoms with Gasteiger partial charge in [-0.3, -0.25) is 0 Å². The summed E-state index contributed by atoms with van der Waals surface area (Å²) in [4.78, 5) is 10.3. The molecular formula is C16H12N4S4. The van der Waals surface area contributed by atoms with Gasteiger partial charge in [0.05, 0.1) is 5.39 Å². The molecule has 0 aliphatic carbocycles. The van der Waals surface area contributed by atoms with Crippen molar-refractivity contribution in [3.63, 3.8) is 0 Å². The molecule has 3 aromatic heterocycles. The quantitative estimate of drug-likeness (QED) is 0.345. The Labute approximate surface area is 155 Å². The van der Waals surface area contributed by atoms with Gasteiger partial charge in [0, 0.05) is 10.9 Å². The summed E-state index contributed by atoms with van der Waals surface area (Å²) in [5, 5.41) is 12.6. The number of fused-ring (bicyclic) bond motifs is 1. The number of aromatic nitrogens is 4. The van der Waals surface area contributed by atoms with E-state index in [1.807, 2.05) is 19.2 Å². The van der Waals surface area contributed by atoms with Crippen molar-refractivity contribution in [2.75, 3.05) is 6.26 Å². The van der Waals surface area contributed by atoms with Gasteiger partial charge in [0.2, 0.25) is 0 Å². The molecule has 1 aromatic carbocycles. The molecular weight excluding hydrogens is 376 g/mol. The van der Waals surface area contributed by atoms with Crippen LogP contribution in [0.2, 0.25) is 0 Å². The standard InChI is InChI=1S/C16H12N4S4/c1-9-17-13-12(11(8-22-13)10-6-4-3-5-7-10)14(18-9)23-16-20-19-15(21-2)24-16/h3-8H,1-2H3.